The number of carboxylic acid groups (broad SMARTS) is 1. The second-order valence-corrected chi connectivity index (χ2v) is 7.31. The molecule has 5 N–H and O–H groups in total. The lowest BCUT2D eigenvalue weighted by molar-refractivity contribution is -0.137. The van der Waals surface area contributed by atoms with E-state index in [0.717, 1.165) is 11.3 Å². The molecule has 2 aromatic rings. The maximum Gasteiger partial charge on any atom is 0.324 e. The number of anilines is 2. The first-order valence-corrected chi connectivity index (χ1v) is 9.06. The molecular weight excluding hydrogens is 392 g/mol. The van der Waals surface area contributed by atoms with Crippen LogP contribution in [-0.4, -0.2) is 35.8 Å². The number of benzene rings is 1. The molecule has 3 rings (SSSR count). The first-order valence-electron chi connectivity index (χ1n) is 7.87. The van der Waals surface area contributed by atoms with E-state index in [1.165, 1.54) is 0 Å². The van der Waals surface area contributed by atoms with Crippen LogP contribution in [0.5, 0.6) is 0 Å². The van der Waals surface area contributed by atoms with Crippen molar-refractivity contribution in [1.29, 1.82) is 0 Å². The number of carbonyl (C=O) groups is 3. The van der Waals surface area contributed by atoms with Crippen LogP contribution in [0.4, 0.5) is 15.5 Å². The van der Waals surface area contributed by atoms with E-state index in [9.17, 15) is 14.4 Å². The van der Waals surface area contributed by atoms with Crippen molar-refractivity contribution >= 4 is 57.7 Å². The second kappa shape index (κ2) is 7.77. The molecule has 0 saturated heterocycles. The molecule has 140 valence electrons. The predicted molar refractivity (Wildman–Crippen MR) is 104 cm³/mol. The smallest absolute Gasteiger partial charge is 0.324 e. The summed E-state index contributed by atoms with van der Waals surface area (Å²) < 4.78 is 0. The largest absolute Gasteiger partial charge is 0.481 e. The third-order valence-electron chi connectivity index (χ3n) is 3.91. The molecule has 2 heterocycles. The van der Waals surface area contributed by atoms with E-state index in [2.05, 4.69) is 15.6 Å². The monoisotopic (exact) mass is 406 g/mol. The standard InChI is InChI=1S/C17H15ClN4O4S/c18-9-1-3-10(4-2-9)21-17(26)22-16-14(15(19)25)13-8(5-12(23)24)6-20-7-11(13)27-16/h1-4,7-8H,5-6H2,(H2,19,25)(H,23,24)(H2,21,22,26). The van der Waals surface area contributed by atoms with E-state index >= 15 is 0 Å². The Morgan fingerprint density at radius 2 is 1.96 bits per heavy atom. The van der Waals surface area contributed by atoms with Gasteiger partial charge < -0.3 is 16.2 Å². The number of primary amides is 1. The Labute approximate surface area is 163 Å². The van der Waals surface area contributed by atoms with Gasteiger partial charge in [0, 0.05) is 29.4 Å². The molecule has 1 atom stereocenters. The summed E-state index contributed by atoms with van der Waals surface area (Å²) in [6, 6.07) is 5.95. The Morgan fingerprint density at radius 1 is 1.26 bits per heavy atom. The summed E-state index contributed by atoms with van der Waals surface area (Å²) in [4.78, 5) is 40.2. The fraction of sp³-hybridized carbons (Fsp3) is 0.176. The summed E-state index contributed by atoms with van der Waals surface area (Å²) >= 11 is 6.94. The zero-order valence-electron chi connectivity index (χ0n) is 13.9. The number of nitrogens with one attached hydrogen (secondary N) is 2. The first kappa shape index (κ1) is 18.9. The number of rotatable bonds is 5. The summed E-state index contributed by atoms with van der Waals surface area (Å²) in [6.45, 7) is 0.243. The van der Waals surface area contributed by atoms with E-state index in [4.69, 9.17) is 22.4 Å². The Hall–Kier alpha value is -2.91. The highest BCUT2D eigenvalue weighted by atomic mass is 35.5. The quantitative estimate of drug-likeness (QED) is 0.606. The Balaban J connectivity index is 1.87. The van der Waals surface area contributed by atoms with E-state index in [1.54, 1.807) is 30.5 Å². The summed E-state index contributed by atoms with van der Waals surface area (Å²) in [5, 5.41) is 15.1. The molecular formula is C17H15ClN4O4S. The van der Waals surface area contributed by atoms with Gasteiger partial charge in [-0.2, -0.15) is 0 Å². The number of carboxylic acids is 1. The summed E-state index contributed by atoms with van der Waals surface area (Å²) in [5.74, 6) is -2.21. The fourth-order valence-electron chi connectivity index (χ4n) is 2.83. The molecule has 3 amide bonds. The first-order chi connectivity index (χ1) is 12.8. The average Bonchev–Trinajstić information content (AvgIpc) is 2.95. The van der Waals surface area contributed by atoms with Crippen LogP contribution in [0, 0.1) is 0 Å². The van der Waals surface area contributed by atoms with Crippen molar-refractivity contribution in [1.82, 2.24) is 0 Å². The molecule has 0 radical (unpaired) electrons. The molecule has 1 aliphatic heterocycles. The number of thiophene rings is 1. The molecule has 1 aliphatic rings. The molecule has 10 heteroatoms. The average molecular weight is 407 g/mol. The van der Waals surface area contributed by atoms with Crippen LogP contribution in [-0.2, 0) is 4.79 Å². The van der Waals surface area contributed by atoms with Gasteiger partial charge in [-0.1, -0.05) is 11.6 Å². The number of fused-ring (bicyclic) bond motifs is 1. The molecule has 27 heavy (non-hydrogen) atoms. The minimum absolute atomic E-state index is 0.124. The highest BCUT2D eigenvalue weighted by molar-refractivity contribution is 7.18. The van der Waals surface area contributed by atoms with E-state index < -0.39 is 23.8 Å². The number of nitrogens with two attached hydrogens (primary N) is 1. The third-order valence-corrected chi connectivity index (χ3v) is 5.22. The van der Waals surface area contributed by atoms with Gasteiger partial charge in [-0.25, -0.2) is 4.79 Å². The van der Waals surface area contributed by atoms with Crippen LogP contribution in [0.3, 0.4) is 0 Å². The minimum atomic E-state index is -1.00. The second-order valence-electron chi connectivity index (χ2n) is 5.82. The number of amides is 3. The zero-order chi connectivity index (χ0) is 19.6. The van der Waals surface area contributed by atoms with Gasteiger partial charge in [0.15, 0.2) is 0 Å². The summed E-state index contributed by atoms with van der Waals surface area (Å²) in [7, 11) is 0. The van der Waals surface area contributed by atoms with Gasteiger partial charge in [0.25, 0.3) is 5.91 Å². The van der Waals surface area contributed by atoms with Gasteiger partial charge in [0.1, 0.15) is 5.00 Å². The molecule has 8 nitrogen and oxygen atoms in total. The number of hydrogen-bond acceptors (Lipinski definition) is 5. The van der Waals surface area contributed by atoms with Crippen molar-refractivity contribution in [2.45, 2.75) is 12.3 Å². The van der Waals surface area contributed by atoms with Gasteiger partial charge in [-0.05, 0) is 29.8 Å². The molecule has 0 aliphatic carbocycles. The maximum atomic E-state index is 12.3. The number of urea groups is 1. The van der Waals surface area contributed by atoms with Crippen LogP contribution in [0.2, 0.25) is 5.02 Å². The van der Waals surface area contributed by atoms with Gasteiger partial charge in [-0.3, -0.25) is 19.9 Å². The molecule has 0 saturated carbocycles. The van der Waals surface area contributed by atoms with Gasteiger partial charge in [-0.15, -0.1) is 11.3 Å². The highest BCUT2D eigenvalue weighted by Gasteiger charge is 2.31. The van der Waals surface area contributed by atoms with E-state index in [-0.39, 0.29) is 23.5 Å². The van der Waals surface area contributed by atoms with Crippen molar-refractivity contribution in [2.24, 2.45) is 10.7 Å². The highest BCUT2D eigenvalue weighted by Crippen LogP contribution is 2.40. The molecule has 0 fully saturated rings. The lowest BCUT2D eigenvalue weighted by atomic mass is 9.90. The lowest BCUT2D eigenvalue weighted by Crippen LogP contribution is -2.23. The number of hydrogen-bond donors (Lipinski definition) is 4. The predicted octanol–water partition coefficient (Wildman–Crippen LogP) is 3.14. The van der Waals surface area contributed by atoms with Crippen molar-refractivity contribution in [3.05, 3.63) is 45.3 Å². The molecule has 1 unspecified atom stereocenters. The molecule has 1 aromatic carbocycles. The van der Waals surface area contributed by atoms with E-state index in [0.29, 0.717) is 21.2 Å². The zero-order valence-corrected chi connectivity index (χ0v) is 15.4. The summed E-state index contributed by atoms with van der Waals surface area (Å²) in [5.41, 5.74) is 6.67. The Morgan fingerprint density at radius 3 is 2.59 bits per heavy atom. The van der Waals surface area contributed by atoms with Crippen LogP contribution in [0.1, 0.15) is 33.1 Å². The number of carbonyl (C=O) groups excluding carboxylic acids is 2. The van der Waals surface area contributed by atoms with Crippen LogP contribution in [0.15, 0.2) is 29.3 Å². The Bertz CT molecular complexity index is 939. The SMILES string of the molecule is NC(=O)c1c(NC(=O)Nc2ccc(Cl)cc2)sc2c1C(CC(=O)O)CN=C2. The fourth-order valence-corrected chi connectivity index (χ4v) is 4.13. The van der Waals surface area contributed by atoms with E-state index in [1.807, 2.05) is 0 Å². The van der Waals surface area contributed by atoms with Gasteiger partial charge >= 0.3 is 12.0 Å². The topological polar surface area (TPSA) is 134 Å². The maximum absolute atomic E-state index is 12.3. The van der Waals surface area contributed by atoms with Crippen LogP contribution < -0.4 is 16.4 Å². The van der Waals surface area contributed by atoms with Crippen molar-refractivity contribution in [3.8, 4) is 0 Å². The Kier molecular flexibility index (Phi) is 5.43. The normalized spacial score (nSPS) is 15.1. The number of aliphatic carboxylic acids is 1. The lowest BCUT2D eigenvalue weighted by Gasteiger charge is -2.17. The van der Waals surface area contributed by atoms with Crippen LogP contribution >= 0.6 is 22.9 Å². The molecule has 0 bridgehead atoms. The van der Waals surface area contributed by atoms with Gasteiger partial charge in [0.05, 0.1) is 16.9 Å². The number of halogens is 1. The van der Waals surface area contributed by atoms with Gasteiger partial charge in [0.2, 0.25) is 0 Å². The van der Waals surface area contributed by atoms with Crippen molar-refractivity contribution < 1.29 is 19.5 Å². The number of nitrogens with zero attached hydrogens (tertiary/aromatic N) is 1. The minimum Gasteiger partial charge on any atom is -0.481 e. The van der Waals surface area contributed by atoms with Crippen molar-refractivity contribution in [3.63, 3.8) is 0 Å². The number of aliphatic imine (C=N–C) groups is 1. The molecule has 0 spiro atoms. The summed E-state index contributed by atoms with van der Waals surface area (Å²) in [6.07, 6.45) is 1.38. The molecule has 1 aromatic heterocycles. The third kappa shape index (κ3) is 4.26. The van der Waals surface area contributed by atoms with Crippen LogP contribution in [0.25, 0.3) is 0 Å². The van der Waals surface area contributed by atoms with Crippen molar-refractivity contribution in [2.75, 3.05) is 17.2 Å².